The molecule has 0 radical (unpaired) electrons. The van der Waals surface area contributed by atoms with E-state index in [0.717, 1.165) is 18.2 Å². The topological polar surface area (TPSA) is 65.5 Å². The van der Waals surface area contributed by atoms with Gasteiger partial charge in [-0.3, -0.25) is 4.79 Å². The van der Waals surface area contributed by atoms with Gasteiger partial charge >= 0.3 is 6.18 Å². The zero-order valence-corrected chi connectivity index (χ0v) is 15.4. The summed E-state index contributed by atoms with van der Waals surface area (Å²) in [7, 11) is 0. The molecule has 1 aromatic heterocycles. The van der Waals surface area contributed by atoms with Crippen molar-refractivity contribution >= 4 is 29.0 Å². The summed E-state index contributed by atoms with van der Waals surface area (Å²) in [6, 6.07) is 4.41. The van der Waals surface area contributed by atoms with Crippen molar-refractivity contribution in [2.45, 2.75) is 31.7 Å². The first-order valence-electron chi connectivity index (χ1n) is 8.31. The predicted molar refractivity (Wildman–Crippen MR) is 95.8 cm³/mol. The second-order valence-corrected chi connectivity index (χ2v) is 6.94. The molecule has 28 heavy (non-hydrogen) atoms. The summed E-state index contributed by atoms with van der Waals surface area (Å²) in [6.07, 6.45) is -5.47. The molecule has 1 saturated heterocycles. The molecule has 1 fully saturated rings. The lowest BCUT2D eigenvalue weighted by Gasteiger charge is -2.25. The maximum absolute atomic E-state index is 13.3. The van der Waals surface area contributed by atoms with Crippen molar-refractivity contribution in [1.29, 1.82) is 0 Å². The Bertz CT molecular complexity index is 907. The number of alkyl halides is 3. The molecule has 0 unspecified atom stereocenters. The highest BCUT2D eigenvalue weighted by Gasteiger charge is 2.38. The number of rotatable bonds is 3. The van der Waals surface area contributed by atoms with Crippen molar-refractivity contribution in [3.05, 3.63) is 52.4 Å². The van der Waals surface area contributed by atoms with Crippen LogP contribution in [0.3, 0.4) is 0 Å². The highest BCUT2D eigenvalue weighted by molar-refractivity contribution is 6.31. The number of nitrogens with one attached hydrogen (secondary N) is 1. The van der Waals surface area contributed by atoms with Gasteiger partial charge in [0.1, 0.15) is 17.7 Å². The fraction of sp³-hybridized carbons (Fsp3) is 0.333. The van der Waals surface area contributed by atoms with Crippen LogP contribution in [0.1, 0.15) is 17.7 Å². The quantitative estimate of drug-likeness (QED) is 0.746. The molecule has 0 saturated carbocycles. The number of aliphatic hydroxyl groups is 1. The number of β-amino-alcohol motifs (C(OH)–C–C–N with tert-alkyl or cyclic N) is 1. The van der Waals surface area contributed by atoms with Gasteiger partial charge in [-0.1, -0.05) is 11.6 Å². The number of hydrogen-bond acceptors (Lipinski definition) is 4. The number of anilines is 2. The van der Waals surface area contributed by atoms with Crippen LogP contribution in [-0.4, -0.2) is 34.7 Å². The number of pyridine rings is 1. The third-order valence-corrected chi connectivity index (χ3v) is 4.62. The normalized spacial score (nSPS) is 19.8. The Labute approximate surface area is 162 Å². The average Bonchev–Trinajstić information content (AvgIpc) is 2.99. The lowest BCUT2D eigenvalue weighted by atomic mass is 10.1. The molecule has 150 valence electrons. The molecule has 1 aliphatic heterocycles. The molecule has 0 spiro atoms. The zero-order valence-electron chi connectivity index (χ0n) is 14.6. The van der Waals surface area contributed by atoms with Crippen molar-refractivity contribution in [2.24, 2.45) is 0 Å². The smallest absolute Gasteiger partial charge is 0.391 e. The fourth-order valence-electron chi connectivity index (χ4n) is 3.08. The van der Waals surface area contributed by atoms with Gasteiger partial charge < -0.3 is 15.3 Å². The third kappa shape index (κ3) is 4.36. The van der Waals surface area contributed by atoms with Crippen LogP contribution in [0.4, 0.5) is 29.1 Å². The van der Waals surface area contributed by atoms with E-state index in [2.05, 4.69) is 10.3 Å². The van der Waals surface area contributed by atoms with Crippen LogP contribution >= 0.6 is 11.6 Å². The standard InChI is InChI=1S/C18H16ClF4N3O2/c1-9-4-10(18(21,22)23)5-16(24-9)26-8-12(27)7-15(26)17(28)25-11-2-3-14(20)13(19)6-11/h2-6,12,15,27H,7-8H2,1H3,(H,25,28)/t12-,15-/m0/s1. The number of amides is 1. The van der Waals surface area contributed by atoms with Gasteiger partial charge in [-0.15, -0.1) is 0 Å². The second-order valence-electron chi connectivity index (χ2n) is 6.53. The van der Waals surface area contributed by atoms with E-state index in [9.17, 15) is 27.5 Å². The molecule has 0 aliphatic carbocycles. The van der Waals surface area contributed by atoms with Crippen LogP contribution in [0.25, 0.3) is 0 Å². The van der Waals surface area contributed by atoms with E-state index in [1.165, 1.54) is 24.0 Å². The Kier molecular flexibility index (Phi) is 5.49. The first-order valence-corrected chi connectivity index (χ1v) is 8.69. The number of aliphatic hydroxyl groups excluding tert-OH is 1. The molecule has 2 N–H and O–H groups in total. The minimum Gasteiger partial charge on any atom is -0.391 e. The zero-order chi connectivity index (χ0) is 20.6. The maximum Gasteiger partial charge on any atom is 0.416 e. The van der Waals surface area contributed by atoms with Gasteiger partial charge in [-0.25, -0.2) is 9.37 Å². The van der Waals surface area contributed by atoms with E-state index in [1.807, 2.05) is 0 Å². The summed E-state index contributed by atoms with van der Waals surface area (Å²) in [5, 5.41) is 12.3. The number of hydrogen-bond donors (Lipinski definition) is 2. The van der Waals surface area contributed by atoms with Crippen molar-refractivity contribution < 1.29 is 27.5 Å². The van der Waals surface area contributed by atoms with Crippen LogP contribution in [0, 0.1) is 12.7 Å². The second kappa shape index (κ2) is 7.56. The average molecular weight is 418 g/mol. The Morgan fingerprint density at radius 1 is 1.32 bits per heavy atom. The molecule has 5 nitrogen and oxygen atoms in total. The molecule has 0 bridgehead atoms. The third-order valence-electron chi connectivity index (χ3n) is 4.33. The van der Waals surface area contributed by atoms with Gasteiger partial charge in [-0.05, 0) is 37.3 Å². The van der Waals surface area contributed by atoms with Gasteiger partial charge in [0.15, 0.2) is 0 Å². The largest absolute Gasteiger partial charge is 0.416 e. The first kappa shape index (κ1) is 20.3. The monoisotopic (exact) mass is 417 g/mol. The van der Waals surface area contributed by atoms with Crippen LogP contribution < -0.4 is 10.2 Å². The summed E-state index contributed by atoms with van der Waals surface area (Å²) in [6.45, 7) is 1.37. The van der Waals surface area contributed by atoms with E-state index >= 15 is 0 Å². The first-order chi connectivity index (χ1) is 13.0. The summed E-state index contributed by atoms with van der Waals surface area (Å²) in [5.74, 6) is -1.28. The van der Waals surface area contributed by atoms with Crippen LogP contribution in [-0.2, 0) is 11.0 Å². The highest BCUT2D eigenvalue weighted by atomic mass is 35.5. The fourth-order valence-corrected chi connectivity index (χ4v) is 3.26. The SMILES string of the molecule is Cc1cc(C(F)(F)F)cc(N2C[C@@H](O)C[C@H]2C(=O)Nc2ccc(F)c(Cl)c2)n1. The number of aryl methyl sites for hydroxylation is 1. The summed E-state index contributed by atoms with van der Waals surface area (Å²) >= 11 is 5.69. The van der Waals surface area contributed by atoms with Crippen molar-refractivity contribution in [2.75, 3.05) is 16.8 Å². The van der Waals surface area contributed by atoms with Gasteiger partial charge in [0.25, 0.3) is 0 Å². The van der Waals surface area contributed by atoms with E-state index in [4.69, 9.17) is 11.6 Å². The number of carbonyl (C=O) groups is 1. The van der Waals surface area contributed by atoms with E-state index in [0.29, 0.717) is 0 Å². The molecule has 2 atom stereocenters. The molecule has 1 aliphatic rings. The van der Waals surface area contributed by atoms with Crippen molar-refractivity contribution in [1.82, 2.24) is 4.98 Å². The number of halogens is 5. The van der Waals surface area contributed by atoms with Gasteiger partial charge in [0.05, 0.1) is 16.7 Å². The minimum atomic E-state index is -4.57. The number of nitrogens with zero attached hydrogens (tertiary/aromatic N) is 2. The molecular formula is C18H16ClF4N3O2. The summed E-state index contributed by atoms with van der Waals surface area (Å²) < 4.78 is 52.6. The van der Waals surface area contributed by atoms with E-state index in [1.54, 1.807) is 0 Å². The molecule has 1 aromatic carbocycles. The van der Waals surface area contributed by atoms with Crippen LogP contribution in [0.5, 0.6) is 0 Å². The Hall–Kier alpha value is -2.39. The molecule has 3 rings (SSSR count). The van der Waals surface area contributed by atoms with Crippen molar-refractivity contribution in [3.8, 4) is 0 Å². The molecule has 10 heteroatoms. The Balaban J connectivity index is 1.88. The molecule has 2 heterocycles. The molecule has 2 aromatic rings. The minimum absolute atomic E-state index is 0.0116. The highest BCUT2D eigenvalue weighted by Crippen LogP contribution is 2.34. The molecular weight excluding hydrogens is 402 g/mol. The summed E-state index contributed by atoms with van der Waals surface area (Å²) in [4.78, 5) is 18.1. The van der Waals surface area contributed by atoms with Crippen LogP contribution in [0.15, 0.2) is 30.3 Å². The maximum atomic E-state index is 13.3. The number of carbonyl (C=O) groups excluding carboxylic acids is 1. The number of aromatic nitrogens is 1. The van der Waals surface area contributed by atoms with Gasteiger partial charge in [0, 0.05) is 24.3 Å². The predicted octanol–water partition coefficient (Wildman–Crippen LogP) is 3.78. The molecule has 1 amide bonds. The summed E-state index contributed by atoms with van der Waals surface area (Å²) in [5.41, 5.74) is -0.525. The lowest BCUT2D eigenvalue weighted by molar-refractivity contribution is -0.137. The van der Waals surface area contributed by atoms with E-state index in [-0.39, 0.29) is 35.2 Å². The Morgan fingerprint density at radius 3 is 2.68 bits per heavy atom. The Morgan fingerprint density at radius 2 is 2.04 bits per heavy atom. The van der Waals surface area contributed by atoms with Gasteiger partial charge in [0.2, 0.25) is 5.91 Å². The number of benzene rings is 1. The van der Waals surface area contributed by atoms with E-state index < -0.39 is 35.6 Å². The van der Waals surface area contributed by atoms with Crippen LogP contribution in [0.2, 0.25) is 5.02 Å². The van der Waals surface area contributed by atoms with Crippen molar-refractivity contribution in [3.63, 3.8) is 0 Å². The van der Waals surface area contributed by atoms with Gasteiger partial charge in [-0.2, -0.15) is 13.2 Å². The lowest BCUT2D eigenvalue weighted by Crippen LogP contribution is -2.40.